The molecule has 0 nitrogen and oxygen atoms in total. The molecule has 1 spiro atoms. The normalized spacial score (nSPS) is 48.4. The Morgan fingerprint density at radius 3 is 2.44 bits per heavy atom. The first-order valence-corrected chi connectivity index (χ1v) is 8.93. The fourth-order valence-corrected chi connectivity index (χ4v) is 5.20. The highest BCUT2D eigenvalue weighted by Gasteiger charge is 2.57. The smallest absolute Gasteiger partial charge is 0.0495 e. The molecule has 0 bridgehead atoms. The summed E-state index contributed by atoms with van der Waals surface area (Å²) < 4.78 is 0.0788. The minimum Gasteiger partial charge on any atom is -0.121 e. The first-order valence-electron chi connectivity index (χ1n) is 6.79. The molecule has 0 aromatic carbocycles. The highest BCUT2D eigenvalue weighted by atomic mass is 79.9. The quantitative estimate of drug-likeness (QED) is 0.344. The van der Waals surface area contributed by atoms with Gasteiger partial charge in [-0.2, -0.15) is 0 Å². The molecule has 0 amide bonds. The molecule has 0 N–H and O–H groups in total. The van der Waals surface area contributed by atoms with Crippen molar-refractivity contribution < 1.29 is 0 Å². The summed E-state index contributed by atoms with van der Waals surface area (Å²) in [6, 6.07) is 0. The predicted octanol–water partition coefficient (Wildman–Crippen LogP) is 6.06. The van der Waals surface area contributed by atoms with Gasteiger partial charge >= 0.3 is 0 Å². The molecule has 0 aromatic rings. The van der Waals surface area contributed by atoms with E-state index < -0.39 is 0 Å². The number of rotatable bonds is 0. The molecule has 2 aliphatic rings. The van der Waals surface area contributed by atoms with Crippen molar-refractivity contribution >= 4 is 43.5 Å². The molecule has 18 heavy (non-hydrogen) atoms. The lowest BCUT2D eigenvalue weighted by Crippen LogP contribution is -2.54. The molecule has 2 saturated carbocycles. The Morgan fingerprint density at radius 2 is 1.89 bits per heavy atom. The number of hydrogen-bond donors (Lipinski definition) is 0. The molecule has 2 rings (SSSR count). The number of allylic oxidation sites excluding steroid dienone is 1. The van der Waals surface area contributed by atoms with E-state index >= 15 is 0 Å². The van der Waals surface area contributed by atoms with Gasteiger partial charge in [0.2, 0.25) is 0 Å². The molecule has 2 fully saturated rings. The van der Waals surface area contributed by atoms with Crippen molar-refractivity contribution in [3.8, 4) is 0 Å². The molecular weight excluding hydrogens is 375 g/mol. The van der Waals surface area contributed by atoms with Crippen LogP contribution in [0.4, 0.5) is 0 Å². The van der Waals surface area contributed by atoms with E-state index in [0.717, 1.165) is 19.3 Å². The van der Waals surface area contributed by atoms with Gasteiger partial charge in [-0.15, -0.1) is 11.6 Å². The minimum atomic E-state index is 0.0788. The van der Waals surface area contributed by atoms with Crippen LogP contribution in [-0.2, 0) is 0 Å². The second-order valence-electron chi connectivity index (χ2n) is 6.86. The van der Waals surface area contributed by atoms with E-state index in [4.69, 9.17) is 11.6 Å². The SMILES string of the molecule is C=C1CCC(Br)C(C)(C)[C@]12CCC(C)(Br)C(Cl)C2. The summed E-state index contributed by atoms with van der Waals surface area (Å²) in [6.07, 6.45) is 5.72. The maximum Gasteiger partial charge on any atom is 0.0495 e. The lowest BCUT2D eigenvalue weighted by atomic mass is 9.50. The Morgan fingerprint density at radius 1 is 1.28 bits per heavy atom. The summed E-state index contributed by atoms with van der Waals surface area (Å²) in [4.78, 5) is 0.569. The van der Waals surface area contributed by atoms with Crippen LogP contribution in [0.3, 0.4) is 0 Å². The average molecular weight is 399 g/mol. The Balaban J connectivity index is 2.37. The largest absolute Gasteiger partial charge is 0.121 e. The lowest BCUT2D eigenvalue weighted by molar-refractivity contribution is 0.0341. The topological polar surface area (TPSA) is 0 Å². The molecule has 3 heteroatoms. The van der Waals surface area contributed by atoms with Crippen LogP contribution in [0.15, 0.2) is 12.2 Å². The van der Waals surface area contributed by atoms with E-state index in [-0.39, 0.29) is 20.5 Å². The van der Waals surface area contributed by atoms with Gasteiger partial charge in [0.05, 0.1) is 0 Å². The van der Waals surface area contributed by atoms with Crippen LogP contribution in [0.1, 0.15) is 52.9 Å². The maximum absolute atomic E-state index is 6.67. The molecule has 0 heterocycles. The third-order valence-corrected chi connectivity index (χ3v) is 9.07. The van der Waals surface area contributed by atoms with E-state index in [1.165, 1.54) is 18.4 Å². The van der Waals surface area contributed by atoms with E-state index in [2.05, 4.69) is 59.2 Å². The Hall–Kier alpha value is 0.990. The molecule has 0 aromatic heterocycles. The van der Waals surface area contributed by atoms with Crippen molar-refractivity contribution in [2.75, 3.05) is 0 Å². The molecular formula is C15H23Br2Cl. The predicted molar refractivity (Wildman–Crippen MR) is 88.1 cm³/mol. The molecule has 2 aliphatic carbocycles. The molecule has 104 valence electrons. The first-order chi connectivity index (χ1) is 8.13. The van der Waals surface area contributed by atoms with Gasteiger partial charge in [-0.1, -0.05) is 57.9 Å². The summed E-state index contributed by atoms with van der Waals surface area (Å²) in [6.45, 7) is 11.4. The van der Waals surface area contributed by atoms with Gasteiger partial charge in [0.25, 0.3) is 0 Å². The van der Waals surface area contributed by atoms with Crippen molar-refractivity contribution in [1.82, 2.24) is 0 Å². The number of hydrogen-bond acceptors (Lipinski definition) is 0. The van der Waals surface area contributed by atoms with E-state index in [1.807, 2.05) is 0 Å². The van der Waals surface area contributed by atoms with Gasteiger partial charge in [-0.25, -0.2) is 0 Å². The zero-order valence-electron chi connectivity index (χ0n) is 11.5. The fourth-order valence-electron chi connectivity index (χ4n) is 3.80. The van der Waals surface area contributed by atoms with Crippen LogP contribution >= 0.6 is 43.5 Å². The summed E-state index contributed by atoms with van der Waals surface area (Å²) in [5.41, 5.74) is 1.87. The van der Waals surface area contributed by atoms with Gasteiger partial charge in [0.1, 0.15) is 0 Å². The molecule has 0 saturated heterocycles. The summed E-state index contributed by atoms with van der Waals surface area (Å²) in [5.74, 6) is 0. The lowest BCUT2D eigenvalue weighted by Gasteiger charge is -2.59. The number of alkyl halides is 3. The fraction of sp³-hybridized carbons (Fsp3) is 0.867. The monoisotopic (exact) mass is 396 g/mol. The van der Waals surface area contributed by atoms with Crippen molar-refractivity contribution in [1.29, 1.82) is 0 Å². The van der Waals surface area contributed by atoms with Crippen molar-refractivity contribution in [3.05, 3.63) is 12.2 Å². The van der Waals surface area contributed by atoms with Crippen LogP contribution < -0.4 is 0 Å². The van der Waals surface area contributed by atoms with Crippen LogP contribution in [0, 0.1) is 10.8 Å². The van der Waals surface area contributed by atoms with Crippen LogP contribution in [0.5, 0.6) is 0 Å². The van der Waals surface area contributed by atoms with Crippen LogP contribution in [-0.4, -0.2) is 14.5 Å². The van der Waals surface area contributed by atoms with Gasteiger partial charge in [0, 0.05) is 14.5 Å². The maximum atomic E-state index is 6.67. The highest BCUT2D eigenvalue weighted by Crippen LogP contribution is 2.64. The molecule has 3 unspecified atom stereocenters. The van der Waals surface area contributed by atoms with Crippen LogP contribution in [0.2, 0.25) is 0 Å². The average Bonchev–Trinajstić information content (AvgIpc) is 2.27. The van der Waals surface area contributed by atoms with E-state index in [0.29, 0.717) is 4.83 Å². The van der Waals surface area contributed by atoms with Gasteiger partial charge < -0.3 is 0 Å². The second kappa shape index (κ2) is 4.77. The Labute approximate surface area is 133 Å². The molecule has 0 radical (unpaired) electrons. The summed E-state index contributed by atoms with van der Waals surface area (Å²) in [7, 11) is 0. The van der Waals surface area contributed by atoms with E-state index in [9.17, 15) is 0 Å². The minimum absolute atomic E-state index is 0.0788. The zero-order valence-corrected chi connectivity index (χ0v) is 15.5. The third-order valence-electron chi connectivity index (χ3n) is 5.61. The second-order valence-corrected chi connectivity index (χ2v) is 10.3. The van der Waals surface area contributed by atoms with E-state index in [1.54, 1.807) is 0 Å². The highest BCUT2D eigenvalue weighted by molar-refractivity contribution is 9.10. The Kier molecular flexibility index (Phi) is 4.08. The van der Waals surface area contributed by atoms with Crippen molar-refractivity contribution in [3.63, 3.8) is 0 Å². The standard InChI is InChI=1S/C15H23Br2Cl/c1-10-5-6-11(16)13(2,3)15(10)8-7-14(4,17)12(18)9-15/h11-12H,1,5-9H2,2-4H3/t11?,12?,14?,15-/m0/s1. The summed E-state index contributed by atoms with van der Waals surface area (Å²) in [5, 5.41) is 0.181. The molecule has 4 atom stereocenters. The molecule has 0 aliphatic heterocycles. The van der Waals surface area contributed by atoms with Gasteiger partial charge in [-0.3, -0.25) is 0 Å². The number of halogens is 3. The zero-order chi connectivity index (χ0) is 13.8. The van der Waals surface area contributed by atoms with Gasteiger partial charge in [0.15, 0.2) is 0 Å². The van der Waals surface area contributed by atoms with Crippen molar-refractivity contribution in [2.24, 2.45) is 10.8 Å². The summed E-state index contributed by atoms with van der Waals surface area (Å²) >= 11 is 14.4. The third kappa shape index (κ3) is 2.15. The van der Waals surface area contributed by atoms with Crippen molar-refractivity contribution in [2.45, 2.75) is 67.4 Å². The first kappa shape index (κ1) is 15.4. The van der Waals surface area contributed by atoms with Crippen LogP contribution in [0.25, 0.3) is 0 Å². The van der Waals surface area contributed by atoms with Gasteiger partial charge in [-0.05, 0) is 49.9 Å². The Bertz CT molecular complexity index is 362.